The number of hydrogen-bond donors (Lipinski definition) is 1. The van der Waals surface area contributed by atoms with Gasteiger partial charge < -0.3 is 9.90 Å². The molecule has 0 atom stereocenters. The molecule has 1 N–H and O–H groups in total. The lowest BCUT2D eigenvalue weighted by molar-refractivity contribution is -0.255. The fraction of sp³-hybridized carbons (Fsp3) is 0.133. The van der Waals surface area contributed by atoms with E-state index in [0.717, 1.165) is 0 Å². The molecule has 2 aromatic rings. The van der Waals surface area contributed by atoms with E-state index in [1.54, 1.807) is 37.3 Å². The van der Waals surface area contributed by atoms with Gasteiger partial charge >= 0.3 is 0 Å². The zero-order valence-electron chi connectivity index (χ0n) is 11.4. The second-order valence-electron chi connectivity index (χ2n) is 4.66. The van der Waals surface area contributed by atoms with Crippen molar-refractivity contribution in [1.82, 2.24) is 0 Å². The van der Waals surface area contributed by atoms with Gasteiger partial charge in [0.2, 0.25) is 10.0 Å². The zero-order valence-corrected chi connectivity index (χ0v) is 12.2. The molecule has 0 radical (unpaired) electrons. The number of carboxylic acids is 1. The van der Waals surface area contributed by atoms with Crippen molar-refractivity contribution in [3.8, 4) is 0 Å². The van der Waals surface area contributed by atoms with Gasteiger partial charge in [0.1, 0.15) is 0 Å². The molecule has 0 fully saturated rings. The van der Waals surface area contributed by atoms with Crippen molar-refractivity contribution >= 4 is 21.7 Å². The van der Waals surface area contributed by atoms with Gasteiger partial charge in [-0.2, -0.15) is 0 Å². The van der Waals surface area contributed by atoms with Gasteiger partial charge in [-0.05, 0) is 29.7 Å². The Morgan fingerprint density at radius 1 is 1.14 bits per heavy atom. The minimum Gasteiger partial charge on any atom is -0.545 e. The Labute approximate surface area is 123 Å². The van der Waals surface area contributed by atoms with E-state index in [-0.39, 0.29) is 17.0 Å². The standard InChI is InChI=1S/C15H15NO4S/c1-11-7-8-13(15(17)18)9-14(11)16-21(19,20)10-12-5-3-2-4-6-12/h2-9,16H,10H2,1H3,(H,17,18)/p-1. The number of benzene rings is 2. The number of carbonyl (C=O) groups excluding carboxylic acids is 1. The van der Waals surface area contributed by atoms with Gasteiger partial charge in [-0.25, -0.2) is 8.42 Å². The molecule has 0 saturated carbocycles. The number of aryl methyl sites for hydroxylation is 1. The van der Waals surface area contributed by atoms with E-state index in [1.807, 2.05) is 0 Å². The van der Waals surface area contributed by atoms with Gasteiger partial charge in [-0.15, -0.1) is 0 Å². The van der Waals surface area contributed by atoms with Gasteiger partial charge in [0, 0.05) is 0 Å². The highest BCUT2D eigenvalue weighted by atomic mass is 32.2. The number of aromatic carboxylic acids is 1. The number of nitrogens with one attached hydrogen (secondary N) is 1. The van der Waals surface area contributed by atoms with Crippen molar-refractivity contribution in [2.24, 2.45) is 0 Å². The van der Waals surface area contributed by atoms with Gasteiger partial charge in [-0.3, -0.25) is 4.72 Å². The first kappa shape index (κ1) is 15.1. The molecule has 0 aliphatic carbocycles. The minimum absolute atomic E-state index is 0.0713. The highest BCUT2D eigenvalue weighted by Gasteiger charge is 2.13. The van der Waals surface area contributed by atoms with Crippen LogP contribution in [0.2, 0.25) is 0 Å². The topological polar surface area (TPSA) is 86.3 Å². The Balaban J connectivity index is 2.24. The quantitative estimate of drug-likeness (QED) is 0.902. The summed E-state index contributed by atoms with van der Waals surface area (Å²) in [5.74, 6) is -1.53. The van der Waals surface area contributed by atoms with Crippen LogP contribution in [-0.4, -0.2) is 14.4 Å². The average Bonchev–Trinajstić information content (AvgIpc) is 2.41. The lowest BCUT2D eigenvalue weighted by atomic mass is 10.1. The first-order valence-corrected chi connectivity index (χ1v) is 7.89. The number of anilines is 1. The summed E-state index contributed by atoms with van der Waals surface area (Å²) in [6, 6.07) is 12.9. The van der Waals surface area contributed by atoms with Crippen LogP contribution in [0.15, 0.2) is 48.5 Å². The molecule has 0 amide bonds. The summed E-state index contributed by atoms with van der Waals surface area (Å²) in [4.78, 5) is 10.8. The number of carbonyl (C=O) groups is 1. The van der Waals surface area contributed by atoms with Crippen LogP contribution in [0.4, 0.5) is 5.69 Å². The summed E-state index contributed by atoms with van der Waals surface area (Å²) < 4.78 is 26.7. The van der Waals surface area contributed by atoms with E-state index in [2.05, 4.69) is 4.72 Å². The maximum atomic E-state index is 12.1. The summed E-state index contributed by atoms with van der Waals surface area (Å²) in [7, 11) is -3.62. The monoisotopic (exact) mass is 304 g/mol. The Bertz CT molecular complexity index is 754. The molecule has 0 unspecified atom stereocenters. The van der Waals surface area contributed by atoms with E-state index >= 15 is 0 Å². The van der Waals surface area contributed by atoms with Crippen LogP contribution >= 0.6 is 0 Å². The van der Waals surface area contributed by atoms with Gasteiger partial charge in [0.15, 0.2) is 0 Å². The summed E-state index contributed by atoms with van der Waals surface area (Å²) in [6.45, 7) is 1.69. The summed E-state index contributed by atoms with van der Waals surface area (Å²) in [5.41, 5.74) is 1.46. The summed E-state index contributed by atoms with van der Waals surface area (Å²) in [6.07, 6.45) is 0. The molecule has 0 aromatic heterocycles. The highest BCUT2D eigenvalue weighted by molar-refractivity contribution is 7.91. The number of sulfonamides is 1. The maximum Gasteiger partial charge on any atom is 0.236 e. The second-order valence-corrected chi connectivity index (χ2v) is 6.39. The number of rotatable bonds is 5. The summed E-state index contributed by atoms with van der Waals surface area (Å²) >= 11 is 0. The molecular formula is C15H14NO4S-. The molecule has 6 heteroatoms. The van der Waals surface area contributed by atoms with E-state index in [4.69, 9.17) is 0 Å². The van der Waals surface area contributed by atoms with Crippen molar-refractivity contribution in [3.05, 3.63) is 65.2 Å². The first-order chi connectivity index (χ1) is 9.87. The SMILES string of the molecule is Cc1ccc(C(=O)[O-])cc1NS(=O)(=O)Cc1ccccc1. The molecule has 5 nitrogen and oxygen atoms in total. The van der Waals surface area contributed by atoms with Crippen LogP contribution in [0.5, 0.6) is 0 Å². The Morgan fingerprint density at radius 2 is 1.81 bits per heavy atom. The van der Waals surface area contributed by atoms with Crippen molar-refractivity contribution in [3.63, 3.8) is 0 Å². The molecule has 0 spiro atoms. The normalized spacial score (nSPS) is 11.1. The van der Waals surface area contributed by atoms with E-state index < -0.39 is 16.0 Å². The van der Waals surface area contributed by atoms with Crippen LogP contribution in [0.25, 0.3) is 0 Å². The Kier molecular flexibility index (Phi) is 4.28. The molecule has 21 heavy (non-hydrogen) atoms. The lowest BCUT2D eigenvalue weighted by Gasteiger charge is -2.12. The van der Waals surface area contributed by atoms with Gasteiger partial charge in [-0.1, -0.05) is 42.5 Å². The number of hydrogen-bond acceptors (Lipinski definition) is 4. The van der Waals surface area contributed by atoms with Gasteiger partial charge in [0.05, 0.1) is 17.4 Å². The van der Waals surface area contributed by atoms with Crippen LogP contribution in [0.1, 0.15) is 21.5 Å². The lowest BCUT2D eigenvalue weighted by Crippen LogP contribution is -2.23. The van der Waals surface area contributed by atoms with E-state index in [9.17, 15) is 18.3 Å². The third-order valence-corrected chi connectivity index (χ3v) is 4.18. The third kappa shape index (κ3) is 4.06. The largest absolute Gasteiger partial charge is 0.545 e. The maximum absolute atomic E-state index is 12.1. The van der Waals surface area contributed by atoms with Crippen LogP contribution in [0, 0.1) is 6.92 Å². The Morgan fingerprint density at radius 3 is 2.43 bits per heavy atom. The fourth-order valence-corrected chi connectivity index (χ4v) is 3.11. The van der Waals surface area contributed by atoms with E-state index in [0.29, 0.717) is 11.1 Å². The third-order valence-electron chi connectivity index (χ3n) is 2.94. The molecule has 0 bridgehead atoms. The minimum atomic E-state index is -3.62. The molecule has 0 heterocycles. The van der Waals surface area contributed by atoms with Crippen molar-refractivity contribution < 1.29 is 18.3 Å². The smallest absolute Gasteiger partial charge is 0.236 e. The van der Waals surface area contributed by atoms with Crippen LogP contribution in [-0.2, 0) is 15.8 Å². The molecule has 110 valence electrons. The predicted molar refractivity (Wildman–Crippen MR) is 78.2 cm³/mol. The molecule has 0 aliphatic rings. The van der Waals surface area contributed by atoms with Gasteiger partial charge in [0.25, 0.3) is 0 Å². The average molecular weight is 304 g/mol. The van der Waals surface area contributed by atoms with Crippen LogP contribution in [0.3, 0.4) is 0 Å². The zero-order chi connectivity index (χ0) is 15.5. The predicted octanol–water partition coefficient (Wildman–Crippen LogP) is 1.30. The molecule has 2 rings (SSSR count). The number of carboxylic acid groups (broad SMARTS) is 1. The summed E-state index contributed by atoms with van der Waals surface area (Å²) in [5, 5.41) is 10.8. The second kappa shape index (κ2) is 5.97. The van der Waals surface area contributed by atoms with Crippen molar-refractivity contribution in [2.75, 3.05) is 4.72 Å². The van der Waals surface area contributed by atoms with Crippen LogP contribution < -0.4 is 9.83 Å². The molecule has 0 aliphatic heterocycles. The molecule has 0 saturated heterocycles. The highest BCUT2D eigenvalue weighted by Crippen LogP contribution is 2.19. The molecular weight excluding hydrogens is 290 g/mol. The Hall–Kier alpha value is -2.34. The van der Waals surface area contributed by atoms with Crippen molar-refractivity contribution in [1.29, 1.82) is 0 Å². The first-order valence-electron chi connectivity index (χ1n) is 6.24. The fourth-order valence-electron chi connectivity index (χ4n) is 1.86. The van der Waals surface area contributed by atoms with E-state index in [1.165, 1.54) is 18.2 Å². The van der Waals surface area contributed by atoms with Crippen molar-refractivity contribution in [2.45, 2.75) is 12.7 Å². The molecule has 2 aromatic carbocycles.